The molecule has 158 valence electrons. The average molecular weight is 446 g/mol. The number of benzene rings is 2. The number of nitrogens with one attached hydrogen (secondary N) is 1. The maximum atomic E-state index is 12.4. The Morgan fingerprint density at radius 2 is 1.83 bits per heavy atom. The van der Waals surface area contributed by atoms with Crippen LogP contribution >= 0.6 is 11.8 Å². The van der Waals surface area contributed by atoms with Crippen molar-refractivity contribution >= 4 is 33.4 Å². The molecule has 1 amide bonds. The molecule has 0 saturated carbocycles. The fourth-order valence-corrected chi connectivity index (χ4v) is 4.52. The van der Waals surface area contributed by atoms with Crippen molar-refractivity contribution < 1.29 is 13.2 Å². The van der Waals surface area contributed by atoms with Crippen molar-refractivity contribution in [3.05, 3.63) is 59.9 Å². The first kappa shape index (κ1) is 22.0. The molecule has 0 aliphatic carbocycles. The highest BCUT2D eigenvalue weighted by Gasteiger charge is 2.18. The zero-order chi connectivity index (χ0) is 21.9. The molecule has 3 rings (SSSR count). The number of aryl methyl sites for hydroxylation is 2. The van der Waals surface area contributed by atoms with Crippen molar-refractivity contribution in [2.75, 3.05) is 25.2 Å². The van der Waals surface area contributed by atoms with E-state index in [1.54, 1.807) is 12.1 Å². The molecule has 1 N–H and O–H groups in total. The Bertz CT molecular complexity index is 1170. The summed E-state index contributed by atoms with van der Waals surface area (Å²) in [6.45, 7) is 3.87. The van der Waals surface area contributed by atoms with Gasteiger partial charge < -0.3 is 5.32 Å². The van der Waals surface area contributed by atoms with Crippen molar-refractivity contribution in [2.24, 2.45) is 0 Å². The van der Waals surface area contributed by atoms with E-state index >= 15 is 0 Å². The van der Waals surface area contributed by atoms with Gasteiger partial charge in [-0.15, -0.1) is 10.2 Å². The van der Waals surface area contributed by atoms with Crippen molar-refractivity contribution in [3.8, 4) is 5.69 Å². The molecule has 10 heteroatoms. The van der Waals surface area contributed by atoms with E-state index in [2.05, 4.69) is 15.5 Å². The first-order valence-electron chi connectivity index (χ1n) is 9.13. The quantitative estimate of drug-likeness (QED) is 0.562. The van der Waals surface area contributed by atoms with E-state index in [4.69, 9.17) is 0 Å². The fraction of sp³-hybridized carbons (Fsp3) is 0.250. The highest BCUT2D eigenvalue weighted by molar-refractivity contribution is 7.99. The lowest BCUT2D eigenvalue weighted by Crippen LogP contribution is -2.22. The number of hydrogen-bond donors (Lipinski definition) is 1. The molecule has 0 bridgehead atoms. The summed E-state index contributed by atoms with van der Waals surface area (Å²) in [6, 6.07) is 14.1. The van der Waals surface area contributed by atoms with E-state index in [0.29, 0.717) is 10.8 Å². The van der Waals surface area contributed by atoms with E-state index in [9.17, 15) is 13.2 Å². The number of carbonyl (C=O) groups excluding carboxylic acids is 1. The topological polar surface area (TPSA) is 97.2 Å². The van der Waals surface area contributed by atoms with Crippen LogP contribution in [0.25, 0.3) is 5.69 Å². The van der Waals surface area contributed by atoms with Gasteiger partial charge in [-0.3, -0.25) is 9.36 Å². The second kappa shape index (κ2) is 8.99. The third kappa shape index (κ3) is 4.89. The molecule has 0 aliphatic heterocycles. The molecule has 0 aliphatic rings. The Labute approximate surface area is 180 Å². The first-order valence-corrected chi connectivity index (χ1v) is 11.6. The van der Waals surface area contributed by atoms with Gasteiger partial charge in [0.25, 0.3) is 0 Å². The zero-order valence-corrected chi connectivity index (χ0v) is 18.8. The molecule has 0 spiro atoms. The Balaban J connectivity index is 1.71. The number of rotatable bonds is 7. The van der Waals surface area contributed by atoms with Gasteiger partial charge in [-0.1, -0.05) is 30.0 Å². The number of sulfonamides is 1. The lowest BCUT2D eigenvalue weighted by molar-refractivity contribution is -0.113. The Morgan fingerprint density at radius 1 is 1.10 bits per heavy atom. The summed E-state index contributed by atoms with van der Waals surface area (Å²) in [5.41, 5.74) is 2.46. The number of nitrogens with zero attached hydrogens (tertiary/aromatic N) is 4. The van der Waals surface area contributed by atoms with Gasteiger partial charge in [-0.2, -0.15) is 0 Å². The number of aromatic nitrogens is 3. The number of hydrogen-bond acceptors (Lipinski definition) is 6. The molecule has 8 nitrogen and oxygen atoms in total. The molecule has 2 aromatic carbocycles. The fourth-order valence-electron chi connectivity index (χ4n) is 2.77. The second-order valence-corrected chi connectivity index (χ2v) is 9.95. The Kier molecular flexibility index (Phi) is 6.59. The summed E-state index contributed by atoms with van der Waals surface area (Å²) in [5, 5.41) is 11.7. The third-order valence-electron chi connectivity index (χ3n) is 4.28. The van der Waals surface area contributed by atoms with Crippen molar-refractivity contribution in [1.29, 1.82) is 0 Å². The SMILES string of the molecule is Cc1cccc(-n2c(C)nnc2SCC(=O)Nc2cccc(S(=O)(=O)N(C)C)c2)c1. The van der Waals surface area contributed by atoms with Crippen LogP contribution in [0.15, 0.2) is 58.6 Å². The minimum absolute atomic E-state index is 0.106. The van der Waals surface area contributed by atoms with E-state index < -0.39 is 10.0 Å². The van der Waals surface area contributed by atoms with E-state index in [0.717, 1.165) is 21.4 Å². The minimum Gasteiger partial charge on any atom is -0.325 e. The van der Waals surface area contributed by atoms with Gasteiger partial charge in [0.1, 0.15) is 5.82 Å². The van der Waals surface area contributed by atoms with Gasteiger partial charge in [0.2, 0.25) is 15.9 Å². The average Bonchev–Trinajstić information content (AvgIpc) is 3.07. The first-order chi connectivity index (χ1) is 14.2. The van der Waals surface area contributed by atoms with Gasteiger partial charge in [-0.05, 0) is 49.7 Å². The normalized spacial score (nSPS) is 11.6. The number of anilines is 1. The molecular formula is C20H23N5O3S2. The lowest BCUT2D eigenvalue weighted by atomic mass is 10.2. The number of thioether (sulfide) groups is 1. The number of amides is 1. The van der Waals surface area contributed by atoms with Crippen molar-refractivity contribution in [3.63, 3.8) is 0 Å². The summed E-state index contributed by atoms with van der Waals surface area (Å²) >= 11 is 1.26. The molecular weight excluding hydrogens is 422 g/mol. The third-order valence-corrected chi connectivity index (χ3v) is 7.02. The zero-order valence-electron chi connectivity index (χ0n) is 17.2. The molecule has 0 saturated heterocycles. The van der Waals surface area contributed by atoms with Crippen molar-refractivity contribution in [2.45, 2.75) is 23.9 Å². The lowest BCUT2D eigenvalue weighted by Gasteiger charge is -2.13. The highest BCUT2D eigenvalue weighted by Crippen LogP contribution is 2.23. The van der Waals surface area contributed by atoms with Crippen LogP contribution in [0.2, 0.25) is 0 Å². The Hall–Kier alpha value is -2.69. The molecule has 0 atom stereocenters. The predicted molar refractivity (Wildman–Crippen MR) is 118 cm³/mol. The van der Waals surface area contributed by atoms with Crippen LogP contribution in [0, 0.1) is 13.8 Å². The molecule has 0 radical (unpaired) electrons. The molecule has 0 fully saturated rings. The summed E-state index contributed by atoms with van der Waals surface area (Å²) in [6.07, 6.45) is 0. The Morgan fingerprint density at radius 3 is 2.53 bits per heavy atom. The summed E-state index contributed by atoms with van der Waals surface area (Å²) in [7, 11) is -0.648. The maximum absolute atomic E-state index is 12.4. The molecule has 1 aromatic heterocycles. The molecule has 30 heavy (non-hydrogen) atoms. The van der Waals surface area contributed by atoms with Crippen LogP contribution in [0.5, 0.6) is 0 Å². The van der Waals surface area contributed by atoms with Gasteiger partial charge in [0, 0.05) is 25.5 Å². The van der Waals surface area contributed by atoms with Crippen molar-refractivity contribution in [1.82, 2.24) is 19.1 Å². The van der Waals surface area contributed by atoms with Crippen LogP contribution in [-0.2, 0) is 14.8 Å². The van der Waals surface area contributed by atoms with Crippen LogP contribution in [0.4, 0.5) is 5.69 Å². The van der Waals surface area contributed by atoms with Gasteiger partial charge >= 0.3 is 0 Å². The van der Waals surface area contributed by atoms with Crippen LogP contribution in [0.1, 0.15) is 11.4 Å². The van der Waals surface area contributed by atoms with Crippen LogP contribution < -0.4 is 5.32 Å². The predicted octanol–water partition coefficient (Wildman–Crippen LogP) is 2.87. The van der Waals surface area contributed by atoms with Gasteiger partial charge in [0.05, 0.1) is 10.6 Å². The maximum Gasteiger partial charge on any atom is 0.242 e. The summed E-state index contributed by atoms with van der Waals surface area (Å²) in [5.74, 6) is 0.565. The van der Waals surface area contributed by atoms with Gasteiger partial charge in [-0.25, -0.2) is 12.7 Å². The van der Waals surface area contributed by atoms with Crippen LogP contribution in [0.3, 0.4) is 0 Å². The van der Waals surface area contributed by atoms with E-state index in [1.807, 2.05) is 42.7 Å². The molecule has 3 aromatic rings. The molecule has 1 heterocycles. The highest BCUT2D eigenvalue weighted by atomic mass is 32.2. The van der Waals surface area contributed by atoms with E-state index in [-0.39, 0.29) is 16.6 Å². The van der Waals surface area contributed by atoms with E-state index in [1.165, 1.54) is 38.0 Å². The van der Waals surface area contributed by atoms with Gasteiger partial charge in [0.15, 0.2) is 5.16 Å². The minimum atomic E-state index is -3.57. The largest absolute Gasteiger partial charge is 0.325 e. The smallest absolute Gasteiger partial charge is 0.242 e. The number of carbonyl (C=O) groups is 1. The second-order valence-electron chi connectivity index (χ2n) is 6.86. The van der Waals surface area contributed by atoms with Crippen LogP contribution in [-0.4, -0.2) is 53.2 Å². The summed E-state index contributed by atoms with van der Waals surface area (Å²) < 4.78 is 27.6. The standard InChI is InChI=1S/C20H23N5O3S2/c1-14-7-5-9-17(11-14)25-15(2)22-23-20(25)29-13-19(26)21-16-8-6-10-18(12-16)30(27,28)24(3)4/h5-12H,13H2,1-4H3,(H,21,26). The monoisotopic (exact) mass is 445 g/mol. The molecule has 0 unspecified atom stereocenters. The summed E-state index contributed by atoms with van der Waals surface area (Å²) in [4.78, 5) is 12.6.